The summed E-state index contributed by atoms with van der Waals surface area (Å²) in [4.78, 5) is 16.4. The lowest BCUT2D eigenvalue weighted by Crippen LogP contribution is -2.34. The Morgan fingerprint density at radius 1 is 1.07 bits per heavy atom. The fourth-order valence-electron chi connectivity index (χ4n) is 3.15. The molecule has 0 atom stereocenters. The molecule has 0 saturated heterocycles. The lowest BCUT2D eigenvalue weighted by atomic mass is 10.1. The first kappa shape index (κ1) is 22.2. The zero-order valence-electron chi connectivity index (χ0n) is 15.6. The summed E-state index contributed by atoms with van der Waals surface area (Å²) in [6.45, 7) is 2.69. The zero-order chi connectivity index (χ0) is 17.8. The zero-order valence-corrected chi connectivity index (χ0v) is 17.3. The molecular formula is C21H26Cl2N4O. The van der Waals surface area contributed by atoms with Gasteiger partial charge in [0.1, 0.15) is 0 Å². The third-order valence-corrected chi connectivity index (χ3v) is 4.78. The molecule has 4 rings (SSSR count). The van der Waals surface area contributed by atoms with Crippen LogP contribution in [0.25, 0.3) is 11.0 Å². The Labute approximate surface area is 177 Å². The van der Waals surface area contributed by atoms with Crippen molar-refractivity contribution in [2.24, 2.45) is 5.92 Å². The van der Waals surface area contributed by atoms with Crippen molar-refractivity contribution in [3.05, 3.63) is 66.0 Å². The van der Waals surface area contributed by atoms with Crippen molar-refractivity contribution >= 4 is 41.8 Å². The number of carbonyl (C=O) groups is 1. The summed E-state index contributed by atoms with van der Waals surface area (Å²) in [5.41, 5.74) is 4.46. The minimum absolute atomic E-state index is 0. The number of fused-ring (bicyclic) bond motifs is 1. The summed E-state index contributed by atoms with van der Waals surface area (Å²) < 4.78 is 2.15. The van der Waals surface area contributed by atoms with Gasteiger partial charge in [-0.2, -0.15) is 0 Å². The lowest BCUT2D eigenvalue weighted by molar-refractivity contribution is -0.120. The second-order valence-electron chi connectivity index (χ2n) is 7.03. The fraction of sp³-hybridized carbons (Fsp3) is 0.333. The van der Waals surface area contributed by atoms with Crippen LogP contribution in [0.1, 0.15) is 24.0 Å². The van der Waals surface area contributed by atoms with Gasteiger partial charge in [0.15, 0.2) is 0 Å². The molecule has 1 fully saturated rings. The molecule has 3 aromatic rings. The molecule has 0 aliphatic heterocycles. The van der Waals surface area contributed by atoms with E-state index in [0.29, 0.717) is 13.1 Å². The van der Waals surface area contributed by atoms with Crippen LogP contribution >= 0.6 is 24.8 Å². The second kappa shape index (κ2) is 10.5. The van der Waals surface area contributed by atoms with E-state index in [1.807, 2.05) is 36.7 Å². The molecule has 1 amide bonds. The van der Waals surface area contributed by atoms with Gasteiger partial charge in [-0.15, -0.1) is 24.8 Å². The topological polar surface area (TPSA) is 59.0 Å². The maximum Gasteiger partial charge on any atom is 0.234 e. The highest BCUT2D eigenvalue weighted by Gasteiger charge is 2.20. The molecule has 0 radical (unpaired) electrons. The van der Waals surface area contributed by atoms with Crippen molar-refractivity contribution in [3.8, 4) is 0 Å². The highest BCUT2D eigenvalue weighted by atomic mass is 35.5. The van der Waals surface area contributed by atoms with Crippen molar-refractivity contribution in [1.29, 1.82) is 0 Å². The lowest BCUT2D eigenvalue weighted by Gasteiger charge is -2.09. The molecule has 150 valence electrons. The molecule has 0 spiro atoms. The van der Waals surface area contributed by atoms with Gasteiger partial charge >= 0.3 is 0 Å². The number of halogens is 2. The van der Waals surface area contributed by atoms with Gasteiger partial charge in [-0.3, -0.25) is 4.79 Å². The summed E-state index contributed by atoms with van der Waals surface area (Å²) in [6.07, 6.45) is 4.48. The Morgan fingerprint density at radius 2 is 1.86 bits per heavy atom. The molecule has 2 N–H and O–H groups in total. The number of carbonyl (C=O) groups excluding carboxylic acids is 1. The minimum Gasteiger partial charge on any atom is -0.351 e. The summed E-state index contributed by atoms with van der Waals surface area (Å²) in [7, 11) is 0. The van der Waals surface area contributed by atoms with E-state index in [4.69, 9.17) is 0 Å². The highest BCUT2D eigenvalue weighted by molar-refractivity contribution is 5.85. The predicted molar refractivity (Wildman–Crippen MR) is 117 cm³/mol. The normalized spacial score (nSPS) is 12.9. The van der Waals surface area contributed by atoms with E-state index in [1.165, 1.54) is 18.4 Å². The summed E-state index contributed by atoms with van der Waals surface area (Å²) in [5, 5.41) is 6.21. The summed E-state index contributed by atoms with van der Waals surface area (Å²) in [5.74, 6) is 0.843. The molecular weight excluding hydrogens is 395 g/mol. The van der Waals surface area contributed by atoms with Crippen molar-refractivity contribution in [2.45, 2.75) is 25.9 Å². The van der Waals surface area contributed by atoms with E-state index in [1.54, 1.807) is 0 Å². The minimum atomic E-state index is 0. The van der Waals surface area contributed by atoms with Crippen molar-refractivity contribution in [2.75, 3.05) is 13.1 Å². The van der Waals surface area contributed by atoms with Gasteiger partial charge in [-0.05, 0) is 48.6 Å². The van der Waals surface area contributed by atoms with Crippen LogP contribution in [-0.2, 0) is 17.9 Å². The van der Waals surface area contributed by atoms with Gasteiger partial charge in [0.05, 0.1) is 23.9 Å². The van der Waals surface area contributed by atoms with Crippen molar-refractivity contribution in [1.82, 2.24) is 20.2 Å². The van der Waals surface area contributed by atoms with Gasteiger partial charge in [0.2, 0.25) is 5.91 Å². The second-order valence-corrected chi connectivity index (χ2v) is 7.03. The van der Waals surface area contributed by atoms with E-state index < -0.39 is 0 Å². The molecule has 1 saturated carbocycles. The average Bonchev–Trinajstić information content (AvgIpc) is 3.40. The van der Waals surface area contributed by atoms with Crippen molar-refractivity contribution in [3.63, 3.8) is 0 Å². The van der Waals surface area contributed by atoms with Gasteiger partial charge in [0, 0.05) is 13.1 Å². The Kier molecular flexibility index (Phi) is 8.30. The standard InChI is InChI=1S/C21H24N4O.2ClH/c26-21(13-22-11-16-8-9-16)23-12-17-4-3-5-18(10-17)14-25-15-24-19-6-1-2-7-20(19)25;;/h1-7,10,15-16,22H,8-9,11-14H2,(H,23,26);2*1H. The average molecular weight is 421 g/mol. The number of rotatable bonds is 8. The molecule has 28 heavy (non-hydrogen) atoms. The van der Waals surface area contributed by atoms with E-state index >= 15 is 0 Å². The number of hydrogen-bond acceptors (Lipinski definition) is 3. The van der Waals surface area contributed by atoms with Crippen LogP contribution in [0.4, 0.5) is 0 Å². The smallest absolute Gasteiger partial charge is 0.234 e. The molecule has 1 aliphatic carbocycles. The molecule has 5 nitrogen and oxygen atoms in total. The van der Waals surface area contributed by atoms with Crippen LogP contribution in [0.3, 0.4) is 0 Å². The first-order valence-electron chi connectivity index (χ1n) is 9.23. The molecule has 2 aromatic carbocycles. The Morgan fingerprint density at radius 3 is 2.68 bits per heavy atom. The maximum atomic E-state index is 11.9. The number of benzene rings is 2. The van der Waals surface area contributed by atoms with E-state index in [0.717, 1.165) is 35.6 Å². The van der Waals surface area contributed by atoms with Gasteiger partial charge < -0.3 is 15.2 Å². The number of hydrogen-bond donors (Lipinski definition) is 2. The molecule has 0 unspecified atom stereocenters. The number of nitrogens with one attached hydrogen (secondary N) is 2. The van der Waals surface area contributed by atoms with E-state index in [9.17, 15) is 4.79 Å². The van der Waals surface area contributed by atoms with E-state index in [2.05, 4.69) is 38.4 Å². The highest BCUT2D eigenvalue weighted by Crippen LogP contribution is 2.27. The number of amides is 1. The molecule has 1 heterocycles. The predicted octanol–water partition coefficient (Wildman–Crippen LogP) is 3.54. The Hall–Kier alpha value is -2.08. The molecule has 0 bridgehead atoms. The summed E-state index contributed by atoms with van der Waals surface area (Å²) >= 11 is 0. The van der Waals surface area contributed by atoms with Crippen LogP contribution in [0.5, 0.6) is 0 Å². The maximum absolute atomic E-state index is 11.9. The van der Waals surface area contributed by atoms with Gasteiger partial charge in [-0.25, -0.2) is 4.98 Å². The van der Waals surface area contributed by atoms with Crippen LogP contribution in [0, 0.1) is 5.92 Å². The quantitative estimate of drug-likeness (QED) is 0.585. The molecule has 1 aromatic heterocycles. The third kappa shape index (κ3) is 5.96. The Bertz CT molecular complexity index is 908. The van der Waals surface area contributed by atoms with Crippen LogP contribution in [0.2, 0.25) is 0 Å². The van der Waals surface area contributed by atoms with E-state index in [-0.39, 0.29) is 30.7 Å². The summed E-state index contributed by atoms with van der Waals surface area (Å²) in [6, 6.07) is 16.5. The van der Waals surface area contributed by atoms with Crippen molar-refractivity contribution < 1.29 is 4.79 Å². The fourth-order valence-corrected chi connectivity index (χ4v) is 3.15. The van der Waals surface area contributed by atoms with Gasteiger partial charge in [-0.1, -0.05) is 36.4 Å². The number of nitrogens with zero attached hydrogens (tertiary/aromatic N) is 2. The number of aromatic nitrogens is 2. The monoisotopic (exact) mass is 420 g/mol. The first-order valence-corrected chi connectivity index (χ1v) is 9.23. The third-order valence-electron chi connectivity index (χ3n) is 4.78. The molecule has 7 heteroatoms. The Balaban J connectivity index is 0.00000140. The largest absolute Gasteiger partial charge is 0.351 e. The molecule has 1 aliphatic rings. The first-order chi connectivity index (χ1) is 12.8. The number of imidazole rings is 1. The van der Waals surface area contributed by atoms with Crippen LogP contribution < -0.4 is 10.6 Å². The number of para-hydroxylation sites is 2. The van der Waals surface area contributed by atoms with Crippen LogP contribution in [-0.4, -0.2) is 28.5 Å². The SMILES string of the molecule is Cl.Cl.O=C(CNCC1CC1)NCc1cccc(Cn2cnc3ccccc32)c1. The van der Waals surface area contributed by atoms with Gasteiger partial charge in [0.25, 0.3) is 0 Å². The van der Waals surface area contributed by atoms with Crippen LogP contribution in [0.15, 0.2) is 54.9 Å².